The second-order valence-corrected chi connectivity index (χ2v) is 8.74. The van der Waals surface area contributed by atoms with Gasteiger partial charge in [-0.15, -0.1) is 13.2 Å². The Bertz CT molecular complexity index is 859. The van der Waals surface area contributed by atoms with Crippen molar-refractivity contribution < 1.29 is 32.2 Å². The minimum Gasteiger partial charge on any atom is -0.450 e. The predicted molar refractivity (Wildman–Crippen MR) is 101 cm³/mol. The van der Waals surface area contributed by atoms with Crippen molar-refractivity contribution in [2.75, 3.05) is 26.2 Å². The van der Waals surface area contributed by atoms with Gasteiger partial charge in [-0.25, -0.2) is 4.79 Å². The molecule has 9 heteroatoms. The summed E-state index contributed by atoms with van der Waals surface area (Å²) in [5.74, 6) is -0.121. The van der Waals surface area contributed by atoms with E-state index < -0.39 is 12.5 Å². The van der Waals surface area contributed by atoms with E-state index in [0.717, 1.165) is 5.56 Å². The summed E-state index contributed by atoms with van der Waals surface area (Å²) >= 11 is 0. The summed E-state index contributed by atoms with van der Waals surface area (Å²) in [6.07, 6.45) is -3.93. The number of benzene rings is 1. The quantitative estimate of drug-likeness (QED) is 0.802. The van der Waals surface area contributed by atoms with E-state index in [1.54, 1.807) is 13.0 Å². The van der Waals surface area contributed by atoms with E-state index in [2.05, 4.69) is 17.0 Å². The molecule has 1 aromatic carbocycles. The minimum absolute atomic E-state index is 0.0226. The van der Waals surface area contributed by atoms with Gasteiger partial charge in [-0.05, 0) is 54.2 Å². The van der Waals surface area contributed by atoms with Gasteiger partial charge in [0.15, 0.2) is 0 Å². The third-order valence-corrected chi connectivity index (χ3v) is 6.68. The van der Waals surface area contributed by atoms with Gasteiger partial charge in [0, 0.05) is 19.6 Å². The Morgan fingerprint density at radius 2 is 2.13 bits per heavy atom. The number of halogens is 3. The van der Waals surface area contributed by atoms with Crippen LogP contribution in [0.25, 0.3) is 0 Å². The minimum atomic E-state index is -4.73. The Morgan fingerprint density at radius 1 is 1.37 bits per heavy atom. The van der Waals surface area contributed by atoms with Crippen molar-refractivity contribution in [3.63, 3.8) is 0 Å². The van der Waals surface area contributed by atoms with E-state index >= 15 is 0 Å². The smallest absolute Gasteiger partial charge is 0.450 e. The van der Waals surface area contributed by atoms with E-state index in [1.165, 1.54) is 6.07 Å². The maximum atomic E-state index is 13.0. The summed E-state index contributed by atoms with van der Waals surface area (Å²) in [5, 5.41) is 2.62. The van der Waals surface area contributed by atoms with E-state index in [1.807, 2.05) is 11.0 Å². The molecule has 0 spiro atoms. The average molecular weight is 426 g/mol. The molecular formula is C21H25F3N2O4. The molecule has 3 aliphatic rings. The zero-order valence-electron chi connectivity index (χ0n) is 16.9. The van der Waals surface area contributed by atoms with Crippen LogP contribution >= 0.6 is 0 Å². The Morgan fingerprint density at radius 3 is 2.80 bits per heavy atom. The Labute approximate surface area is 172 Å². The van der Waals surface area contributed by atoms with Crippen molar-refractivity contribution in [1.82, 2.24) is 10.2 Å². The number of ether oxygens (including phenoxy) is 2. The first-order chi connectivity index (χ1) is 14.1. The summed E-state index contributed by atoms with van der Waals surface area (Å²) in [5.41, 5.74) is 1.09. The molecule has 2 aliphatic heterocycles. The van der Waals surface area contributed by atoms with Gasteiger partial charge in [-0.1, -0.05) is 19.1 Å². The molecule has 1 aromatic rings. The van der Waals surface area contributed by atoms with E-state index in [-0.39, 0.29) is 41.4 Å². The molecule has 1 N–H and O–H groups in total. The Kier molecular flexibility index (Phi) is 5.10. The van der Waals surface area contributed by atoms with E-state index in [4.69, 9.17) is 4.74 Å². The number of fused-ring (bicyclic) bond motifs is 1. The number of likely N-dealkylation sites (tertiary alicyclic amines) is 1. The number of nitrogens with zero attached hydrogens (tertiary/aromatic N) is 1. The number of piperidine rings is 1. The second kappa shape index (κ2) is 7.35. The fourth-order valence-corrected chi connectivity index (χ4v) is 5.05. The van der Waals surface area contributed by atoms with Gasteiger partial charge in [0.2, 0.25) is 5.91 Å². The molecule has 30 heavy (non-hydrogen) atoms. The number of amides is 2. The number of hydrogen-bond acceptors (Lipinski definition) is 4. The fraction of sp³-hybridized carbons (Fsp3) is 0.619. The molecular weight excluding hydrogens is 401 g/mol. The SMILES string of the molecule is Cc1ccc([C@H]2[C@@H]3CN(C(=O)[C@@H]4CCCOC(=O)NC4)C[C@@]32C)cc1OC(F)(F)F. The molecule has 0 aromatic heterocycles. The molecule has 2 saturated heterocycles. The van der Waals surface area contributed by atoms with Crippen molar-refractivity contribution in [3.8, 4) is 5.75 Å². The van der Waals surface area contributed by atoms with Gasteiger partial charge in [0.05, 0.1) is 12.5 Å². The molecule has 4 rings (SSSR count). The lowest BCUT2D eigenvalue weighted by Crippen LogP contribution is -2.43. The maximum Gasteiger partial charge on any atom is 0.573 e. The van der Waals surface area contributed by atoms with Gasteiger partial charge in [-0.2, -0.15) is 0 Å². The van der Waals surface area contributed by atoms with Gasteiger partial charge < -0.3 is 19.7 Å². The Balaban J connectivity index is 1.42. The number of carbonyl (C=O) groups excluding carboxylic acids is 2. The topological polar surface area (TPSA) is 67.9 Å². The summed E-state index contributed by atoms with van der Waals surface area (Å²) in [4.78, 5) is 26.2. The molecule has 1 aliphatic carbocycles. The number of carbonyl (C=O) groups is 2. The van der Waals surface area contributed by atoms with E-state index in [0.29, 0.717) is 38.1 Å². The van der Waals surface area contributed by atoms with Crippen LogP contribution in [-0.4, -0.2) is 49.5 Å². The van der Waals surface area contributed by atoms with Crippen LogP contribution in [0.2, 0.25) is 0 Å². The van der Waals surface area contributed by atoms with Crippen LogP contribution in [0, 0.1) is 24.2 Å². The molecule has 3 fully saturated rings. The molecule has 6 nitrogen and oxygen atoms in total. The first-order valence-electron chi connectivity index (χ1n) is 10.1. The monoisotopic (exact) mass is 426 g/mol. The van der Waals surface area contributed by atoms with Crippen LogP contribution in [0.3, 0.4) is 0 Å². The number of alkyl halides is 3. The highest BCUT2D eigenvalue weighted by molar-refractivity contribution is 5.81. The number of cyclic esters (lactones) is 1. The normalized spacial score (nSPS) is 31.2. The zero-order valence-corrected chi connectivity index (χ0v) is 16.9. The van der Waals surface area contributed by atoms with Crippen molar-refractivity contribution in [1.29, 1.82) is 0 Å². The molecule has 0 unspecified atom stereocenters. The molecule has 0 radical (unpaired) electrons. The third-order valence-electron chi connectivity index (χ3n) is 6.68. The van der Waals surface area contributed by atoms with Gasteiger partial charge in [0.25, 0.3) is 0 Å². The Hall–Kier alpha value is -2.45. The summed E-state index contributed by atoms with van der Waals surface area (Å²) in [6, 6.07) is 4.98. The molecule has 2 heterocycles. The lowest BCUT2D eigenvalue weighted by atomic mass is 9.97. The van der Waals surface area contributed by atoms with Crippen LogP contribution in [0.15, 0.2) is 18.2 Å². The number of nitrogens with one attached hydrogen (secondary N) is 1. The second-order valence-electron chi connectivity index (χ2n) is 8.74. The van der Waals surface area contributed by atoms with Crippen LogP contribution in [-0.2, 0) is 9.53 Å². The highest BCUT2D eigenvalue weighted by Gasteiger charge is 2.67. The molecule has 1 saturated carbocycles. The zero-order chi connectivity index (χ0) is 21.7. The van der Waals surface area contributed by atoms with Crippen molar-refractivity contribution in [3.05, 3.63) is 29.3 Å². The van der Waals surface area contributed by atoms with E-state index in [9.17, 15) is 22.8 Å². The first kappa shape index (κ1) is 20.8. The number of alkyl carbamates (subject to hydrolysis) is 1. The van der Waals surface area contributed by atoms with Gasteiger partial charge >= 0.3 is 12.5 Å². The predicted octanol–water partition coefficient (Wildman–Crippen LogP) is 3.59. The lowest BCUT2D eigenvalue weighted by Gasteiger charge is -2.28. The summed E-state index contributed by atoms with van der Waals surface area (Å²) < 4.78 is 47.1. The van der Waals surface area contributed by atoms with Crippen molar-refractivity contribution in [2.24, 2.45) is 17.3 Å². The van der Waals surface area contributed by atoms with Gasteiger partial charge in [0.1, 0.15) is 5.75 Å². The summed E-state index contributed by atoms with van der Waals surface area (Å²) in [6.45, 7) is 5.35. The average Bonchev–Trinajstić information content (AvgIpc) is 3.04. The van der Waals surface area contributed by atoms with Crippen LogP contribution in [0.5, 0.6) is 5.75 Å². The first-order valence-corrected chi connectivity index (χ1v) is 10.1. The van der Waals surface area contributed by atoms with Crippen molar-refractivity contribution >= 4 is 12.0 Å². The van der Waals surface area contributed by atoms with Gasteiger partial charge in [-0.3, -0.25) is 4.79 Å². The van der Waals surface area contributed by atoms with Crippen LogP contribution < -0.4 is 10.1 Å². The van der Waals surface area contributed by atoms with Crippen LogP contribution in [0.4, 0.5) is 18.0 Å². The highest BCUT2D eigenvalue weighted by Crippen LogP contribution is 2.68. The third kappa shape index (κ3) is 3.94. The molecule has 2 amide bonds. The number of hydrogen-bond donors (Lipinski definition) is 1. The molecule has 4 atom stereocenters. The standard InChI is InChI=1S/C21H25F3N2O4/c1-12-5-6-13(8-16(12)30-21(22,23)24)17-15-10-26(11-20(15,17)2)18(27)14-4-3-7-29-19(28)25-9-14/h5-6,8,14-15,17H,3-4,7,9-11H2,1-2H3,(H,25,28)/t14-,15+,17+,20+/m1/s1. The van der Waals surface area contributed by atoms with Crippen LogP contribution in [0.1, 0.15) is 36.8 Å². The highest BCUT2D eigenvalue weighted by atomic mass is 19.4. The fourth-order valence-electron chi connectivity index (χ4n) is 5.05. The largest absolute Gasteiger partial charge is 0.573 e. The van der Waals surface area contributed by atoms with Crippen molar-refractivity contribution in [2.45, 2.75) is 39.0 Å². The lowest BCUT2D eigenvalue weighted by molar-refractivity contribution is -0.274. The molecule has 0 bridgehead atoms. The maximum absolute atomic E-state index is 13.0. The molecule has 164 valence electrons. The number of rotatable bonds is 3. The summed E-state index contributed by atoms with van der Waals surface area (Å²) in [7, 11) is 0. The number of aryl methyl sites for hydroxylation is 1.